The fourth-order valence-electron chi connectivity index (χ4n) is 4.40. The van der Waals surface area contributed by atoms with E-state index < -0.39 is 0 Å². The Bertz CT molecular complexity index is 253. The molecule has 2 saturated carbocycles. The molecule has 0 aromatic carbocycles. The van der Waals surface area contributed by atoms with Crippen LogP contribution in [0.3, 0.4) is 0 Å². The molecule has 0 aromatic heterocycles. The lowest BCUT2D eigenvalue weighted by molar-refractivity contribution is 0.272. The Hall–Kier alpha value is 0.270. The predicted octanol–water partition coefficient (Wildman–Crippen LogP) is 2.93. The minimum atomic E-state index is 0.574. The van der Waals surface area contributed by atoms with Crippen LogP contribution in [-0.2, 0) is 0 Å². The second-order valence-corrected chi connectivity index (χ2v) is 7.70. The van der Waals surface area contributed by atoms with Gasteiger partial charge in [-0.15, -0.1) is 0 Å². The van der Waals surface area contributed by atoms with E-state index >= 15 is 0 Å². The molecule has 3 aliphatic rings. The Morgan fingerprint density at radius 3 is 2.71 bits per heavy atom. The molecular weight excluding hydrogens is 228 g/mol. The Labute approximate surface area is 109 Å². The first kappa shape index (κ1) is 12.3. The molecule has 2 nitrogen and oxygen atoms in total. The van der Waals surface area contributed by atoms with Crippen LogP contribution in [0.5, 0.6) is 0 Å². The quantitative estimate of drug-likeness (QED) is 0.598. The van der Waals surface area contributed by atoms with Gasteiger partial charge in [0.25, 0.3) is 0 Å². The summed E-state index contributed by atoms with van der Waals surface area (Å²) in [4.78, 5) is 0. The van der Waals surface area contributed by atoms with Crippen molar-refractivity contribution in [2.75, 3.05) is 5.75 Å². The fourth-order valence-corrected chi connectivity index (χ4v) is 5.83. The Morgan fingerprint density at radius 2 is 2.12 bits per heavy atom. The summed E-state index contributed by atoms with van der Waals surface area (Å²) in [5.41, 5.74) is 3.14. The molecule has 98 valence electrons. The van der Waals surface area contributed by atoms with Crippen molar-refractivity contribution in [2.24, 2.45) is 23.6 Å². The van der Waals surface area contributed by atoms with Gasteiger partial charge in [-0.1, -0.05) is 12.8 Å². The van der Waals surface area contributed by atoms with Crippen LogP contribution in [0, 0.1) is 17.8 Å². The van der Waals surface area contributed by atoms with Gasteiger partial charge < -0.3 is 0 Å². The van der Waals surface area contributed by atoms with Crippen molar-refractivity contribution in [1.82, 2.24) is 5.43 Å². The third-order valence-corrected chi connectivity index (χ3v) is 6.84. The van der Waals surface area contributed by atoms with Gasteiger partial charge in [-0.25, -0.2) is 0 Å². The highest BCUT2D eigenvalue weighted by Crippen LogP contribution is 2.50. The second kappa shape index (κ2) is 5.50. The topological polar surface area (TPSA) is 38.0 Å². The number of hydrazine groups is 1. The molecule has 5 unspecified atom stereocenters. The lowest BCUT2D eigenvalue weighted by atomic mass is 9.83. The highest BCUT2D eigenvalue weighted by Gasteiger charge is 2.41. The van der Waals surface area contributed by atoms with Gasteiger partial charge in [0.2, 0.25) is 0 Å². The van der Waals surface area contributed by atoms with Gasteiger partial charge in [0.15, 0.2) is 0 Å². The summed E-state index contributed by atoms with van der Waals surface area (Å²) in [6, 6.07) is 0.574. The molecule has 0 amide bonds. The summed E-state index contributed by atoms with van der Waals surface area (Å²) >= 11 is 2.16. The summed E-state index contributed by atoms with van der Waals surface area (Å²) in [6.07, 6.45) is 11.6. The fraction of sp³-hybridized carbons (Fsp3) is 1.00. The van der Waals surface area contributed by atoms with Crippen LogP contribution in [0.1, 0.15) is 51.4 Å². The molecule has 3 rings (SSSR count). The van der Waals surface area contributed by atoms with Crippen LogP contribution in [0.4, 0.5) is 0 Å². The van der Waals surface area contributed by atoms with Crippen molar-refractivity contribution < 1.29 is 0 Å². The maximum Gasteiger partial charge on any atom is 0.0332 e. The third kappa shape index (κ3) is 2.66. The van der Waals surface area contributed by atoms with Crippen molar-refractivity contribution in [3.8, 4) is 0 Å². The second-order valence-electron chi connectivity index (χ2n) is 6.35. The van der Waals surface area contributed by atoms with Gasteiger partial charge >= 0.3 is 0 Å². The van der Waals surface area contributed by atoms with Gasteiger partial charge in [-0.05, 0) is 62.0 Å². The van der Waals surface area contributed by atoms with E-state index in [0.717, 1.165) is 23.0 Å². The van der Waals surface area contributed by atoms with E-state index in [1.54, 1.807) is 0 Å². The van der Waals surface area contributed by atoms with Crippen molar-refractivity contribution >= 4 is 11.8 Å². The standard InChI is InChI=1S/C14H26N2S/c15-16-13(14-3-1-2-6-17-14)9-12-8-10-4-5-11(12)7-10/h10-14,16H,1-9,15H2. The minimum Gasteiger partial charge on any atom is -0.271 e. The molecule has 17 heavy (non-hydrogen) atoms. The van der Waals surface area contributed by atoms with Crippen LogP contribution in [0.25, 0.3) is 0 Å². The van der Waals surface area contributed by atoms with E-state index in [2.05, 4.69) is 17.2 Å². The maximum absolute atomic E-state index is 5.82. The summed E-state index contributed by atoms with van der Waals surface area (Å²) in [7, 11) is 0. The van der Waals surface area contributed by atoms with Crippen LogP contribution in [0.2, 0.25) is 0 Å². The third-order valence-electron chi connectivity index (χ3n) is 5.32. The molecule has 1 heterocycles. The van der Waals surface area contributed by atoms with E-state index in [4.69, 9.17) is 5.84 Å². The molecule has 1 saturated heterocycles. The molecule has 0 radical (unpaired) electrons. The van der Waals surface area contributed by atoms with Crippen LogP contribution < -0.4 is 11.3 Å². The number of nitrogens with two attached hydrogens (primary N) is 1. The van der Waals surface area contributed by atoms with E-state index in [1.807, 2.05) is 0 Å². The van der Waals surface area contributed by atoms with Gasteiger partial charge in [-0.3, -0.25) is 11.3 Å². The summed E-state index contributed by atoms with van der Waals surface area (Å²) in [5.74, 6) is 10.3. The van der Waals surface area contributed by atoms with Gasteiger partial charge in [0.05, 0.1) is 0 Å². The van der Waals surface area contributed by atoms with E-state index in [0.29, 0.717) is 6.04 Å². The number of hydrogen-bond donors (Lipinski definition) is 2. The highest BCUT2D eigenvalue weighted by molar-refractivity contribution is 8.00. The lowest BCUT2D eigenvalue weighted by Gasteiger charge is -2.33. The number of hydrogen-bond acceptors (Lipinski definition) is 3. The molecule has 0 spiro atoms. The van der Waals surface area contributed by atoms with Crippen molar-refractivity contribution in [2.45, 2.75) is 62.7 Å². The number of fused-ring (bicyclic) bond motifs is 2. The molecule has 3 heteroatoms. The molecule has 5 atom stereocenters. The zero-order valence-corrected chi connectivity index (χ0v) is 11.6. The van der Waals surface area contributed by atoms with Crippen LogP contribution in [-0.4, -0.2) is 17.0 Å². The molecule has 2 bridgehead atoms. The summed E-state index contributed by atoms with van der Waals surface area (Å²) < 4.78 is 0. The maximum atomic E-state index is 5.82. The van der Waals surface area contributed by atoms with Gasteiger partial charge in [0, 0.05) is 11.3 Å². The van der Waals surface area contributed by atoms with E-state index in [-0.39, 0.29) is 0 Å². The van der Waals surface area contributed by atoms with E-state index in [1.165, 1.54) is 57.1 Å². The van der Waals surface area contributed by atoms with Crippen molar-refractivity contribution in [3.05, 3.63) is 0 Å². The monoisotopic (exact) mass is 254 g/mol. The van der Waals surface area contributed by atoms with Crippen LogP contribution >= 0.6 is 11.8 Å². The average molecular weight is 254 g/mol. The molecule has 1 aliphatic heterocycles. The molecule has 3 N–H and O–H groups in total. The smallest absolute Gasteiger partial charge is 0.0332 e. The van der Waals surface area contributed by atoms with Crippen molar-refractivity contribution in [3.63, 3.8) is 0 Å². The summed E-state index contributed by atoms with van der Waals surface area (Å²) in [6.45, 7) is 0. The largest absolute Gasteiger partial charge is 0.271 e. The zero-order chi connectivity index (χ0) is 11.7. The average Bonchev–Trinajstić information content (AvgIpc) is 2.99. The molecule has 2 aliphatic carbocycles. The zero-order valence-electron chi connectivity index (χ0n) is 10.7. The first-order valence-electron chi connectivity index (χ1n) is 7.44. The normalized spacial score (nSPS) is 42.9. The number of thioether (sulfide) groups is 1. The van der Waals surface area contributed by atoms with Gasteiger partial charge in [0.1, 0.15) is 0 Å². The first-order valence-corrected chi connectivity index (χ1v) is 8.49. The molecular formula is C14H26N2S. The molecule has 0 aromatic rings. The number of rotatable bonds is 4. The van der Waals surface area contributed by atoms with Crippen LogP contribution in [0.15, 0.2) is 0 Å². The van der Waals surface area contributed by atoms with E-state index in [9.17, 15) is 0 Å². The van der Waals surface area contributed by atoms with Crippen molar-refractivity contribution in [1.29, 1.82) is 0 Å². The lowest BCUT2D eigenvalue weighted by Crippen LogP contribution is -2.45. The Morgan fingerprint density at radius 1 is 1.18 bits per heavy atom. The minimum absolute atomic E-state index is 0.574. The van der Waals surface area contributed by atoms with Gasteiger partial charge in [-0.2, -0.15) is 11.8 Å². The SMILES string of the molecule is NNC(CC1CC2CCC1C2)C1CCCCS1. The summed E-state index contributed by atoms with van der Waals surface area (Å²) in [5, 5.41) is 0.785. The Balaban J connectivity index is 1.54. The molecule has 3 fully saturated rings. The first-order chi connectivity index (χ1) is 8.36. The number of nitrogens with one attached hydrogen (secondary N) is 1. The highest BCUT2D eigenvalue weighted by atomic mass is 32.2. The Kier molecular flexibility index (Phi) is 3.98. The predicted molar refractivity (Wildman–Crippen MR) is 74.8 cm³/mol.